The Bertz CT molecular complexity index is 667. The average molecular weight is 428 g/mol. The number of alkyl halides is 12. The summed E-state index contributed by atoms with van der Waals surface area (Å²) in [5.74, 6) is -2.62. The number of hydrogen-bond donors (Lipinski definition) is 2. The van der Waals surface area contributed by atoms with Crippen LogP contribution in [0.4, 0.5) is 57.1 Å². The van der Waals surface area contributed by atoms with E-state index in [4.69, 9.17) is 10.2 Å². The molecule has 0 unspecified atom stereocenters. The fraction of sp³-hybridized carbons (Fsp3) is 0.500. The first-order valence-corrected chi connectivity index (χ1v) is 6.14. The topological polar surface area (TPSA) is 40.5 Å². The highest BCUT2D eigenvalue weighted by Crippen LogP contribution is 2.54. The van der Waals surface area contributed by atoms with Crippen molar-refractivity contribution in [3.63, 3.8) is 0 Å². The van der Waals surface area contributed by atoms with E-state index in [0.717, 1.165) is 0 Å². The van der Waals surface area contributed by atoms with Gasteiger partial charge in [0.2, 0.25) is 0 Å². The fourth-order valence-electron chi connectivity index (χ4n) is 1.98. The van der Waals surface area contributed by atoms with Gasteiger partial charge in [-0.3, -0.25) is 0 Å². The number of aliphatic hydroxyl groups is 2. The molecule has 0 aliphatic carbocycles. The lowest BCUT2D eigenvalue weighted by Crippen LogP contribution is -2.56. The van der Waals surface area contributed by atoms with Crippen LogP contribution in [0.25, 0.3) is 0 Å². The highest BCUT2D eigenvalue weighted by molar-refractivity contribution is 5.37. The summed E-state index contributed by atoms with van der Waals surface area (Å²) in [6.45, 7) is 0. The van der Waals surface area contributed by atoms with Gasteiger partial charge in [-0.1, -0.05) is 6.07 Å². The van der Waals surface area contributed by atoms with E-state index >= 15 is 0 Å². The third kappa shape index (κ3) is 3.41. The van der Waals surface area contributed by atoms with E-state index in [1.807, 2.05) is 0 Å². The monoisotopic (exact) mass is 428 g/mol. The van der Waals surface area contributed by atoms with Gasteiger partial charge >= 0.3 is 24.7 Å². The number of halogens is 13. The molecule has 1 rings (SSSR count). The predicted octanol–water partition coefficient (Wildman–Crippen LogP) is 4.45. The minimum absolute atomic E-state index is 0.521. The maximum Gasteiger partial charge on any atom is 0.430 e. The van der Waals surface area contributed by atoms with Gasteiger partial charge in [0.05, 0.1) is 0 Å². The minimum atomic E-state index is -6.79. The number of benzene rings is 1. The molecule has 2 nitrogen and oxygen atoms in total. The van der Waals surface area contributed by atoms with E-state index in [9.17, 15) is 57.1 Å². The second-order valence-electron chi connectivity index (χ2n) is 5.11. The molecule has 0 fully saturated rings. The lowest BCUT2D eigenvalue weighted by Gasteiger charge is -2.35. The van der Waals surface area contributed by atoms with Crippen LogP contribution in [0.3, 0.4) is 0 Å². The van der Waals surface area contributed by atoms with E-state index in [1.165, 1.54) is 0 Å². The molecular weight excluding hydrogens is 423 g/mol. The van der Waals surface area contributed by atoms with Gasteiger partial charge in [0.25, 0.3) is 11.2 Å². The van der Waals surface area contributed by atoms with Gasteiger partial charge in [-0.25, -0.2) is 4.39 Å². The molecule has 0 saturated carbocycles. The van der Waals surface area contributed by atoms with Gasteiger partial charge in [-0.2, -0.15) is 52.7 Å². The highest BCUT2D eigenvalue weighted by atomic mass is 19.4. The third-order valence-electron chi connectivity index (χ3n) is 3.41. The average Bonchev–Trinajstić information content (AvgIpc) is 2.41. The van der Waals surface area contributed by atoms with Crippen molar-refractivity contribution in [2.45, 2.75) is 35.9 Å². The Morgan fingerprint density at radius 3 is 1.19 bits per heavy atom. The first-order chi connectivity index (χ1) is 11.6. The van der Waals surface area contributed by atoms with E-state index in [-0.39, 0.29) is 0 Å². The molecule has 2 N–H and O–H groups in total. The maximum atomic E-state index is 13.5. The molecule has 0 aliphatic heterocycles. The third-order valence-corrected chi connectivity index (χ3v) is 3.41. The fourth-order valence-corrected chi connectivity index (χ4v) is 1.98. The Balaban J connectivity index is 3.94. The Labute approximate surface area is 139 Å². The Kier molecular flexibility index (Phi) is 5.27. The second kappa shape index (κ2) is 6.12. The quantitative estimate of drug-likeness (QED) is 0.684. The van der Waals surface area contributed by atoms with E-state index < -0.39 is 71.1 Å². The van der Waals surface area contributed by atoms with Crippen LogP contribution in [0.2, 0.25) is 0 Å². The van der Waals surface area contributed by atoms with Crippen LogP contribution in [0.5, 0.6) is 0 Å². The first kappa shape index (κ1) is 23.3. The van der Waals surface area contributed by atoms with Gasteiger partial charge in [0.1, 0.15) is 5.82 Å². The predicted molar refractivity (Wildman–Crippen MR) is 58.4 cm³/mol. The number of rotatable bonds is 2. The zero-order chi connectivity index (χ0) is 21.9. The largest absolute Gasteiger partial charge is 0.430 e. The summed E-state index contributed by atoms with van der Waals surface area (Å²) in [6.07, 6.45) is -26.9. The van der Waals surface area contributed by atoms with Crippen LogP contribution in [0.1, 0.15) is 11.1 Å². The molecule has 0 aliphatic rings. The summed E-state index contributed by atoms with van der Waals surface area (Å²) < 4.78 is 166. The summed E-state index contributed by atoms with van der Waals surface area (Å²) in [4.78, 5) is 0. The summed E-state index contributed by atoms with van der Waals surface area (Å²) in [6, 6.07) is -2.33. The molecule has 27 heavy (non-hydrogen) atoms. The van der Waals surface area contributed by atoms with Crippen molar-refractivity contribution in [1.29, 1.82) is 0 Å². The molecule has 15 heteroatoms. The molecule has 0 heterocycles. The van der Waals surface area contributed by atoms with Crippen molar-refractivity contribution in [3.05, 3.63) is 35.1 Å². The summed E-state index contributed by atoms with van der Waals surface area (Å²) >= 11 is 0. The van der Waals surface area contributed by atoms with Gasteiger partial charge in [0, 0.05) is 11.1 Å². The summed E-state index contributed by atoms with van der Waals surface area (Å²) in [7, 11) is 0. The van der Waals surface area contributed by atoms with Crippen molar-refractivity contribution in [2.75, 3.05) is 0 Å². The lowest BCUT2D eigenvalue weighted by molar-refractivity contribution is -0.378. The van der Waals surface area contributed by atoms with Crippen molar-refractivity contribution in [1.82, 2.24) is 0 Å². The SMILES string of the molecule is OC(c1ccc(F)c(C(O)(C(F)(F)F)C(F)(F)F)c1)(C(F)(F)F)C(F)(F)F. The first-order valence-electron chi connectivity index (χ1n) is 6.14. The van der Waals surface area contributed by atoms with Crippen LogP contribution in [-0.2, 0) is 11.2 Å². The molecule has 1 aromatic carbocycles. The molecule has 0 spiro atoms. The second-order valence-corrected chi connectivity index (χ2v) is 5.11. The molecule has 1 aromatic rings. The van der Waals surface area contributed by atoms with Crippen LogP contribution in [-0.4, -0.2) is 34.9 Å². The molecule has 0 atom stereocenters. The molecule has 0 bridgehead atoms. The van der Waals surface area contributed by atoms with Crippen molar-refractivity contribution < 1.29 is 67.3 Å². The summed E-state index contributed by atoms with van der Waals surface area (Å²) in [5.41, 5.74) is -17.7. The summed E-state index contributed by atoms with van der Waals surface area (Å²) in [5, 5.41) is 18.0. The van der Waals surface area contributed by atoms with Gasteiger partial charge in [-0.15, -0.1) is 0 Å². The van der Waals surface area contributed by atoms with Crippen LogP contribution in [0, 0.1) is 5.82 Å². The molecule has 156 valence electrons. The molecule has 0 aromatic heterocycles. The zero-order valence-electron chi connectivity index (χ0n) is 12.0. The van der Waals surface area contributed by atoms with Crippen LogP contribution < -0.4 is 0 Å². The zero-order valence-corrected chi connectivity index (χ0v) is 12.0. The van der Waals surface area contributed by atoms with E-state index in [1.54, 1.807) is 0 Å². The van der Waals surface area contributed by atoms with Crippen molar-refractivity contribution in [3.8, 4) is 0 Å². The minimum Gasteiger partial charge on any atom is -0.369 e. The lowest BCUT2D eigenvalue weighted by atomic mass is 9.85. The Morgan fingerprint density at radius 1 is 0.556 bits per heavy atom. The molecule has 0 radical (unpaired) electrons. The van der Waals surface area contributed by atoms with Crippen molar-refractivity contribution >= 4 is 0 Å². The maximum absolute atomic E-state index is 13.5. The van der Waals surface area contributed by atoms with Gasteiger partial charge < -0.3 is 10.2 Å². The molecule has 0 amide bonds. The van der Waals surface area contributed by atoms with Crippen LogP contribution in [0.15, 0.2) is 18.2 Å². The highest BCUT2D eigenvalue weighted by Gasteiger charge is 2.74. The van der Waals surface area contributed by atoms with E-state index in [0.29, 0.717) is 0 Å². The molecule has 0 saturated heterocycles. The van der Waals surface area contributed by atoms with Crippen molar-refractivity contribution in [2.24, 2.45) is 0 Å². The van der Waals surface area contributed by atoms with Gasteiger partial charge in [0.15, 0.2) is 0 Å². The smallest absolute Gasteiger partial charge is 0.369 e. The molecular formula is C12H5F13O2. The van der Waals surface area contributed by atoms with E-state index in [2.05, 4.69) is 0 Å². The van der Waals surface area contributed by atoms with Crippen LogP contribution >= 0.6 is 0 Å². The Morgan fingerprint density at radius 2 is 0.889 bits per heavy atom. The van der Waals surface area contributed by atoms with Gasteiger partial charge in [-0.05, 0) is 12.1 Å². The Hall–Kier alpha value is -1.77. The standard InChI is InChI=1S/C12H5F13O2/c13-6-2-1-4(7(26,9(14,15)16)10(17,18)19)3-5(6)8(27,11(20,21)22)12(23,24)25/h1-3,26-27H. The number of hydrogen-bond acceptors (Lipinski definition) is 2. The normalized spacial score (nSPS) is 15.2.